The Kier molecular flexibility index (Phi) is 9.05. The molecule has 0 unspecified atom stereocenters. The molecule has 360 valence electrons. The molecule has 6 nitrogen and oxygen atoms in total. The predicted octanol–water partition coefficient (Wildman–Crippen LogP) is 17.2. The van der Waals surface area contributed by atoms with E-state index >= 15 is 0 Å². The van der Waals surface area contributed by atoms with Crippen molar-refractivity contribution in [2.45, 2.75) is 78.3 Å². The van der Waals surface area contributed by atoms with Crippen LogP contribution in [0.4, 0.5) is 11.4 Å². The zero-order chi connectivity index (χ0) is 56.5. The van der Waals surface area contributed by atoms with Crippen LogP contribution >= 0.6 is 0 Å². The molecule has 7 heteroatoms. The summed E-state index contributed by atoms with van der Waals surface area (Å²) in [5.41, 5.74) is 3.54. The first kappa shape index (κ1) is 37.4. The molecule has 0 saturated heterocycles. The quantitative estimate of drug-likeness (QED) is 0.161. The molecule has 0 fully saturated rings. The van der Waals surface area contributed by atoms with E-state index in [0.717, 1.165) is 71.3 Å². The molecule has 0 amide bonds. The monoisotopic (exact) mass is 1130 g/mol. The molecule has 0 atom stereocenters. The van der Waals surface area contributed by atoms with E-state index < -0.39 is 31.4 Å². The second-order valence-electron chi connectivity index (χ2n) is 20.6. The summed E-state index contributed by atoms with van der Waals surface area (Å²) in [6, 6.07) is 58.4. The van der Waals surface area contributed by atoms with Gasteiger partial charge in [-0.05, 0) is 124 Å². The fourth-order valence-corrected chi connectivity index (χ4v) is 10.2. The summed E-state index contributed by atoms with van der Waals surface area (Å²) in [5.74, 6) is 1.70. The van der Waals surface area contributed by atoms with E-state index in [9.17, 15) is 0 Å². The van der Waals surface area contributed by atoms with Gasteiger partial charge in [0.15, 0.2) is 0 Å². The minimum Gasteiger partial charge on any atom is -0.509 e. The predicted molar refractivity (Wildman–Crippen MR) is 296 cm³/mol. The SMILES string of the molecule is [2H]C([2H])([2H])C(c1cc(-c2ccnc3c4ccccc4c4ccccc4c4cccc5c4n(c23)[CH-]N5c2[c-]c(Oc3[c-]c4c(cc3)c3ccccc3n4-c3cc(C(C)(C)C)ccn3)ccc2)cc(C(C)(C)C)c1)(C([2H])([2H])[2H])C([2H])([2H])[2H].[Pt]. The number of fused-ring (bicyclic) bond motifs is 10. The number of anilines is 2. The van der Waals surface area contributed by atoms with Gasteiger partial charge in [-0.1, -0.05) is 170 Å². The van der Waals surface area contributed by atoms with Crippen molar-refractivity contribution in [1.29, 1.82) is 0 Å². The van der Waals surface area contributed by atoms with Gasteiger partial charge < -0.3 is 18.8 Å². The summed E-state index contributed by atoms with van der Waals surface area (Å²) in [6.07, 6.45) is 3.54. The van der Waals surface area contributed by atoms with Gasteiger partial charge in [-0.2, -0.15) is 12.1 Å². The fourth-order valence-electron chi connectivity index (χ4n) is 10.2. The number of aromatic nitrogens is 4. The third-order valence-corrected chi connectivity index (χ3v) is 13.8. The van der Waals surface area contributed by atoms with Crippen molar-refractivity contribution in [3.8, 4) is 28.4 Å². The summed E-state index contributed by atoms with van der Waals surface area (Å²) in [7, 11) is 0. The molecule has 0 saturated carbocycles. The normalized spacial score (nSPS) is 15.1. The van der Waals surface area contributed by atoms with Crippen LogP contribution in [0.3, 0.4) is 0 Å². The fraction of sp³-hybridized carbons (Fsp3) is 0.185. The van der Waals surface area contributed by atoms with Crippen LogP contribution in [-0.4, -0.2) is 19.1 Å². The van der Waals surface area contributed by atoms with E-state index in [1.165, 1.54) is 12.1 Å². The van der Waals surface area contributed by atoms with Crippen molar-refractivity contribution in [2.24, 2.45) is 0 Å². The molecular weight excluding hydrogens is 1060 g/mol. The van der Waals surface area contributed by atoms with Crippen LogP contribution in [0.5, 0.6) is 11.5 Å². The van der Waals surface area contributed by atoms with Crippen LogP contribution < -0.4 is 9.64 Å². The molecule has 12 rings (SSSR count). The van der Waals surface area contributed by atoms with Crippen molar-refractivity contribution >= 4 is 76.7 Å². The Hall–Kier alpha value is -7.40. The van der Waals surface area contributed by atoms with Gasteiger partial charge in [0.1, 0.15) is 5.82 Å². The first-order valence-electron chi connectivity index (χ1n) is 28.4. The number of ether oxygens (including phenoxy) is 1. The molecule has 0 bridgehead atoms. The Morgan fingerprint density at radius 3 is 1.89 bits per heavy atom. The molecule has 11 aromatic rings. The molecule has 1 aliphatic rings. The molecule has 0 spiro atoms. The van der Waals surface area contributed by atoms with Gasteiger partial charge in [-0.15, -0.1) is 35.7 Å². The van der Waals surface area contributed by atoms with Crippen molar-refractivity contribution in [1.82, 2.24) is 19.1 Å². The Morgan fingerprint density at radius 2 is 1.15 bits per heavy atom. The van der Waals surface area contributed by atoms with Gasteiger partial charge in [0.05, 0.1) is 0 Å². The maximum absolute atomic E-state index is 8.78. The minimum absolute atomic E-state index is 0. The summed E-state index contributed by atoms with van der Waals surface area (Å²) in [5, 5.41) is 6.63. The molecule has 4 aromatic heterocycles. The largest absolute Gasteiger partial charge is 0.509 e. The van der Waals surface area contributed by atoms with Crippen LogP contribution in [0.1, 0.15) is 91.1 Å². The number of rotatable bonds is 5. The second kappa shape index (κ2) is 17.4. The zero-order valence-electron chi connectivity index (χ0n) is 49.7. The summed E-state index contributed by atoms with van der Waals surface area (Å²) in [6.45, 7) is 3.86. The number of nitrogens with zero attached hydrogens (tertiary/aromatic N) is 5. The van der Waals surface area contributed by atoms with Crippen LogP contribution in [0.15, 0.2) is 170 Å². The molecule has 7 aromatic carbocycles. The van der Waals surface area contributed by atoms with E-state index in [-0.39, 0.29) is 32.0 Å². The van der Waals surface area contributed by atoms with Crippen LogP contribution in [-0.2, 0) is 37.3 Å². The molecule has 72 heavy (non-hydrogen) atoms. The molecule has 5 heterocycles. The van der Waals surface area contributed by atoms with E-state index in [1.54, 1.807) is 6.20 Å². The third kappa shape index (κ3) is 7.97. The summed E-state index contributed by atoms with van der Waals surface area (Å²) in [4.78, 5) is 12.1. The average molecular weight is 1130 g/mol. The molecular formula is C65H56N5OPt-3. The van der Waals surface area contributed by atoms with Crippen molar-refractivity contribution in [3.05, 3.63) is 206 Å². The second-order valence-corrected chi connectivity index (χ2v) is 20.6. The van der Waals surface area contributed by atoms with E-state index in [2.05, 4.69) is 96.6 Å². The number of hydrogen-bond acceptors (Lipinski definition) is 4. The first-order chi connectivity index (χ1) is 37.8. The third-order valence-electron chi connectivity index (χ3n) is 13.8. The van der Waals surface area contributed by atoms with Gasteiger partial charge in [-0.3, -0.25) is 4.98 Å². The topological polar surface area (TPSA) is 48.1 Å². The molecule has 1 aliphatic heterocycles. The Balaban J connectivity index is 0.00000690. The van der Waals surface area contributed by atoms with Crippen molar-refractivity contribution in [3.63, 3.8) is 0 Å². The van der Waals surface area contributed by atoms with Crippen molar-refractivity contribution in [2.75, 3.05) is 4.90 Å². The number of para-hydroxylation sites is 2. The molecule has 0 radical (unpaired) electrons. The van der Waals surface area contributed by atoms with Gasteiger partial charge in [0.25, 0.3) is 0 Å². The van der Waals surface area contributed by atoms with E-state index in [4.69, 9.17) is 27.0 Å². The standard InChI is InChI=1S/C65H56N5O.Pt/c1-63(2,3)42-30-32-66-59(37-42)70-56-26-15-14-23-52(56)53-29-28-47(39-58(53)70)71-46-19-16-18-45(38-46)68-40-69-61-55(25-17-27-57(61)68)51-22-11-10-20-49(51)50-21-12-13-24-54(50)60-62(69)48(31-33-67-60)41-34-43(64(4,5)6)36-44(35-41)65(7,8)9;/h10-37,40H,1-9H3;/q-3;/i4D3,5D3,6D3;. The Bertz CT molecular complexity index is 4350. The average Bonchev–Trinajstić information content (AvgIpc) is 4.19. The molecule has 0 N–H and O–H groups in total. The van der Waals surface area contributed by atoms with E-state index in [0.29, 0.717) is 44.9 Å². The van der Waals surface area contributed by atoms with Crippen molar-refractivity contribution < 1.29 is 38.1 Å². The first-order valence-corrected chi connectivity index (χ1v) is 23.9. The van der Waals surface area contributed by atoms with Gasteiger partial charge in [0, 0.05) is 74.0 Å². The number of benzene rings is 7. The van der Waals surface area contributed by atoms with Gasteiger partial charge in [0.2, 0.25) is 0 Å². The zero-order valence-corrected chi connectivity index (χ0v) is 43.0. The maximum Gasteiger partial charge on any atom is 0.135 e. The van der Waals surface area contributed by atoms with Crippen LogP contribution in [0.25, 0.3) is 82.2 Å². The smallest absolute Gasteiger partial charge is 0.135 e. The minimum atomic E-state index is -3.49. The summed E-state index contributed by atoms with van der Waals surface area (Å²) >= 11 is 0. The van der Waals surface area contributed by atoms with Crippen LogP contribution in [0.2, 0.25) is 0 Å². The Morgan fingerprint density at radius 1 is 0.528 bits per heavy atom. The maximum atomic E-state index is 8.78. The summed E-state index contributed by atoms with van der Waals surface area (Å²) < 4.78 is 89.9. The Labute approximate surface area is 449 Å². The van der Waals surface area contributed by atoms with Crippen LogP contribution in [0, 0.1) is 18.8 Å². The van der Waals surface area contributed by atoms with Gasteiger partial charge >= 0.3 is 0 Å². The van der Waals surface area contributed by atoms with Gasteiger partial charge in [-0.25, -0.2) is 4.98 Å². The van der Waals surface area contributed by atoms with E-state index in [1.807, 2.05) is 130 Å². The molecule has 0 aliphatic carbocycles. The number of pyridine rings is 2. The number of hydrogen-bond donors (Lipinski definition) is 0.